The second-order valence-corrected chi connectivity index (χ2v) is 5.31. The minimum atomic E-state index is -2.93. The average molecular weight is 219 g/mol. The molecular formula is C6H15NNaO2PS. The van der Waals surface area contributed by atoms with Crippen molar-refractivity contribution in [2.45, 2.75) is 33.2 Å². The molecule has 0 aliphatic carbocycles. The van der Waals surface area contributed by atoms with Crippen molar-refractivity contribution in [1.29, 1.82) is 0 Å². The summed E-state index contributed by atoms with van der Waals surface area (Å²) in [4.78, 5) is 0. The molecule has 0 aromatic carbocycles. The topological polar surface area (TPSA) is 38.3 Å². The maximum Gasteiger partial charge on any atom is 1.00 e. The molecule has 0 heterocycles. The van der Waals surface area contributed by atoms with Gasteiger partial charge in [-0.05, 0) is 20.3 Å². The Labute approximate surface area is 102 Å². The predicted octanol–water partition coefficient (Wildman–Crippen LogP) is -0.930. The smallest absolute Gasteiger partial charge is 0.673 e. The molecule has 0 amide bonds. The SMILES string of the molecule is CCOP(=O)([S-])NC(C)CC.[Na+]. The summed E-state index contributed by atoms with van der Waals surface area (Å²) in [5.74, 6) is 0. The van der Waals surface area contributed by atoms with Crippen LogP contribution in [0.5, 0.6) is 0 Å². The van der Waals surface area contributed by atoms with Crippen LogP contribution in [0, 0.1) is 0 Å². The molecule has 0 fully saturated rings. The van der Waals surface area contributed by atoms with E-state index in [9.17, 15) is 4.57 Å². The fourth-order valence-corrected chi connectivity index (χ4v) is 2.56. The van der Waals surface area contributed by atoms with E-state index in [2.05, 4.69) is 5.09 Å². The van der Waals surface area contributed by atoms with Gasteiger partial charge in [0.05, 0.1) is 6.61 Å². The quantitative estimate of drug-likeness (QED) is 0.368. The zero-order valence-electron chi connectivity index (χ0n) is 8.16. The fraction of sp³-hybridized carbons (Fsp3) is 1.00. The van der Waals surface area contributed by atoms with Crippen LogP contribution in [0.1, 0.15) is 27.2 Å². The molecule has 0 aromatic heterocycles. The van der Waals surface area contributed by atoms with Crippen molar-refractivity contribution < 1.29 is 38.6 Å². The Hall–Kier alpha value is 1.50. The normalized spacial score (nSPS) is 17.7. The van der Waals surface area contributed by atoms with E-state index in [1.165, 1.54) is 0 Å². The summed E-state index contributed by atoms with van der Waals surface area (Å²) in [6, 6.07) is 0.157. The van der Waals surface area contributed by atoms with Crippen LogP contribution >= 0.6 is 6.72 Å². The third kappa shape index (κ3) is 8.11. The fourth-order valence-electron chi connectivity index (χ4n) is 0.568. The van der Waals surface area contributed by atoms with Crippen LogP contribution in [0.4, 0.5) is 0 Å². The van der Waals surface area contributed by atoms with E-state index in [-0.39, 0.29) is 35.6 Å². The molecule has 0 spiro atoms. The Morgan fingerprint density at radius 1 is 1.58 bits per heavy atom. The van der Waals surface area contributed by atoms with E-state index < -0.39 is 6.72 Å². The van der Waals surface area contributed by atoms with Crippen LogP contribution in [-0.4, -0.2) is 12.6 Å². The van der Waals surface area contributed by atoms with Crippen LogP contribution in [0.2, 0.25) is 0 Å². The van der Waals surface area contributed by atoms with Gasteiger partial charge in [0.1, 0.15) is 6.72 Å². The third-order valence-electron chi connectivity index (χ3n) is 1.29. The Bertz CT molecular complexity index is 158. The monoisotopic (exact) mass is 219 g/mol. The maximum absolute atomic E-state index is 11.3. The summed E-state index contributed by atoms with van der Waals surface area (Å²) >= 11 is 4.71. The second kappa shape index (κ2) is 7.86. The summed E-state index contributed by atoms with van der Waals surface area (Å²) < 4.78 is 16.1. The van der Waals surface area contributed by atoms with E-state index in [4.69, 9.17) is 16.8 Å². The van der Waals surface area contributed by atoms with Gasteiger partial charge in [0, 0.05) is 6.04 Å². The Balaban J connectivity index is 0. The first kappa shape index (κ1) is 15.9. The number of rotatable bonds is 5. The van der Waals surface area contributed by atoms with E-state index in [0.717, 1.165) is 6.42 Å². The molecule has 0 bridgehead atoms. The maximum atomic E-state index is 11.3. The number of hydrogen-bond acceptors (Lipinski definition) is 3. The van der Waals surface area contributed by atoms with Gasteiger partial charge in [-0.15, -0.1) is 0 Å². The zero-order chi connectivity index (χ0) is 8.91. The zero-order valence-corrected chi connectivity index (χ0v) is 11.9. The van der Waals surface area contributed by atoms with Crippen molar-refractivity contribution in [3.63, 3.8) is 0 Å². The minimum Gasteiger partial charge on any atom is -0.673 e. The van der Waals surface area contributed by atoms with Crippen molar-refractivity contribution in [3.05, 3.63) is 0 Å². The Kier molecular flexibility index (Phi) is 10.5. The van der Waals surface area contributed by atoms with Gasteiger partial charge in [0.25, 0.3) is 0 Å². The largest absolute Gasteiger partial charge is 1.00 e. The number of nitrogens with one attached hydrogen (secondary N) is 1. The second-order valence-electron chi connectivity index (χ2n) is 2.35. The first-order valence-electron chi connectivity index (χ1n) is 3.75. The van der Waals surface area contributed by atoms with Crippen molar-refractivity contribution in [3.8, 4) is 0 Å². The van der Waals surface area contributed by atoms with Gasteiger partial charge in [-0.1, -0.05) is 6.92 Å². The Morgan fingerprint density at radius 3 is 2.42 bits per heavy atom. The molecule has 0 saturated heterocycles. The molecule has 68 valence electrons. The molecule has 2 atom stereocenters. The Morgan fingerprint density at radius 2 is 2.08 bits per heavy atom. The van der Waals surface area contributed by atoms with Gasteiger partial charge in [-0.2, -0.15) is 0 Å². The molecule has 3 nitrogen and oxygen atoms in total. The summed E-state index contributed by atoms with van der Waals surface area (Å²) in [6.07, 6.45) is 0.897. The van der Waals surface area contributed by atoms with Gasteiger partial charge in [0.15, 0.2) is 0 Å². The van der Waals surface area contributed by atoms with E-state index in [1.54, 1.807) is 6.92 Å². The van der Waals surface area contributed by atoms with Crippen LogP contribution in [0.25, 0.3) is 0 Å². The molecule has 12 heavy (non-hydrogen) atoms. The summed E-state index contributed by atoms with van der Waals surface area (Å²) in [5.41, 5.74) is 0. The molecule has 0 saturated carbocycles. The van der Waals surface area contributed by atoms with E-state index in [1.807, 2.05) is 13.8 Å². The predicted molar refractivity (Wildman–Crippen MR) is 49.5 cm³/mol. The molecule has 0 aliphatic rings. The first-order chi connectivity index (χ1) is 5.02. The van der Waals surface area contributed by atoms with E-state index >= 15 is 0 Å². The molecule has 0 aliphatic heterocycles. The molecule has 1 N–H and O–H groups in total. The van der Waals surface area contributed by atoms with Crippen LogP contribution in [0.3, 0.4) is 0 Å². The molecule has 0 aromatic rings. The summed E-state index contributed by atoms with van der Waals surface area (Å²) in [6.45, 7) is 3.16. The standard InChI is InChI=1S/C6H16NO2PS.Na/c1-4-6(3)7-10(8,11)9-5-2;/h6H,4-5H2,1-3H3,(H2,7,8,11);/q;+1/p-1. The molecule has 0 rings (SSSR count). The van der Waals surface area contributed by atoms with Crippen molar-refractivity contribution in [2.24, 2.45) is 0 Å². The number of hydrogen-bond donors (Lipinski definition) is 1. The van der Waals surface area contributed by atoms with E-state index in [0.29, 0.717) is 6.61 Å². The van der Waals surface area contributed by atoms with Crippen molar-refractivity contribution in [1.82, 2.24) is 5.09 Å². The van der Waals surface area contributed by atoms with Crippen molar-refractivity contribution in [2.75, 3.05) is 6.61 Å². The van der Waals surface area contributed by atoms with Crippen molar-refractivity contribution >= 4 is 19.0 Å². The molecule has 0 radical (unpaired) electrons. The van der Waals surface area contributed by atoms with Crippen LogP contribution in [-0.2, 0) is 21.3 Å². The van der Waals surface area contributed by atoms with Gasteiger partial charge >= 0.3 is 29.6 Å². The molecule has 6 heteroatoms. The van der Waals surface area contributed by atoms with Crippen LogP contribution in [0.15, 0.2) is 0 Å². The first-order valence-corrected chi connectivity index (χ1v) is 6.39. The van der Waals surface area contributed by atoms with Gasteiger partial charge in [-0.25, -0.2) is 0 Å². The molecular weight excluding hydrogens is 204 g/mol. The summed E-state index contributed by atoms with van der Waals surface area (Å²) in [7, 11) is 0. The third-order valence-corrected chi connectivity index (χ3v) is 3.28. The minimum absolute atomic E-state index is 0. The molecule has 2 unspecified atom stereocenters. The summed E-state index contributed by atoms with van der Waals surface area (Å²) in [5, 5.41) is 2.75. The van der Waals surface area contributed by atoms with Crippen LogP contribution < -0.4 is 34.6 Å². The van der Waals surface area contributed by atoms with Gasteiger partial charge in [-0.3, -0.25) is 5.09 Å². The average Bonchev–Trinajstić information content (AvgIpc) is 1.86. The van der Waals surface area contributed by atoms with Gasteiger partial charge in [0.2, 0.25) is 0 Å². The van der Waals surface area contributed by atoms with Gasteiger partial charge < -0.3 is 21.3 Å².